The van der Waals surface area contributed by atoms with Gasteiger partial charge in [0.25, 0.3) is 0 Å². The summed E-state index contributed by atoms with van der Waals surface area (Å²) >= 11 is 0. The largest absolute Gasteiger partial charge is 0.276 e. The van der Waals surface area contributed by atoms with Crippen LogP contribution in [0.5, 0.6) is 0 Å². The predicted molar refractivity (Wildman–Crippen MR) is 265 cm³/mol. The van der Waals surface area contributed by atoms with Gasteiger partial charge in [-0.1, -0.05) is 182 Å². The highest BCUT2D eigenvalue weighted by molar-refractivity contribution is 6.22. The molecule has 13 rings (SSSR count). The van der Waals surface area contributed by atoms with Crippen LogP contribution in [-0.4, -0.2) is 14.4 Å². The number of benzene rings is 11. The van der Waals surface area contributed by atoms with Crippen LogP contribution in [0.3, 0.4) is 0 Å². The molecule has 2 heterocycles. The lowest BCUT2D eigenvalue weighted by Crippen LogP contribution is -1.98. The molecule has 0 saturated heterocycles. The van der Waals surface area contributed by atoms with Crippen LogP contribution in [0.1, 0.15) is 0 Å². The monoisotopic (exact) mass is 799 g/mol. The maximum absolute atomic E-state index is 5.23. The maximum Gasteiger partial charge on any atom is 0.149 e. The smallest absolute Gasteiger partial charge is 0.149 e. The minimum absolute atomic E-state index is 0.889. The van der Waals surface area contributed by atoms with Gasteiger partial charge in [-0.2, -0.15) is 0 Å². The molecule has 0 atom stereocenters. The van der Waals surface area contributed by atoms with E-state index in [-0.39, 0.29) is 0 Å². The van der Waals surface area contributed by atoms with Crippen LogP contribution in [0.25, 0.3) is 127 Å². The molecule has 0 spiro atoms. The highest BCUT2D eigenvalue weighted by atomic mass is 15.1. The van der Waals surface area contributed by atoms with Crippen molar-refractivity contribution in [1.82, 2.24) is 14.4 Å². The van der Waals surface area contributed by atoms with Gasteiger partial charge in [-0.05, 0) is 130 Å². The van der Waals surface area contributed by atoms with Gasteiger partial charge in [0.05, 0.1) is 16.6 Å². The highest BCUT2D eigenvalue weighted by Crippen LogP contribution is 2.46. The van der Waals surface area contributed by atoms with Gasteiger partial charge >= 0.3 is 0 Å². The summed E-state index contributed by atoms with van der Waals surface area (Å²) in [5.74, 6) is 0.889. The number of aromatic nitrogens is 3. The molecule has 2 aromatic heterocycles. The van der Waals surface area contributed by atoms with Crippen LogP contribution in [0.4, 0.5) is 0 Å². The molecule has 292 valence electrons. The summed E-state index contributed by atoms with van der Waals surface area (Å²) in [6, 6.07) is 81.4. The molecule has 0 amide bonds. The minimum Gasteiger partial charge on any atom is -0.276 e. The third kappa shape index (κ3) is 5.75. The second kappa shape index (κ2) is 14.1. The van der Waals surface area contributed by atoms with E-state index in [1.807, 2.05) is 12.1 Å². The first kappa shape index (κ1) is 35.4. The molecule has 3 nitrogen and oxygen atoms in total. The molecular weight excluding hydrogens is 763 g/mol. The van der Waals surface area contributed by atoms with Gasteiger partial charge in [0.2, 0.25) is 0 Å². The van der Waals surface area contributed by atoms with Gasteiger partial charge in [0.1, 0.15) is 11.5 Å². The SMILES string of the molecule is c1ccc(-c2nc3ccc(-c4ccc(-c5ccc6c(-c7ccc8ccccc8c7)c7ccccc7c(-c7ccc8ccccc8c7)c6c5)cc4)cc3c3nc4ccccc4n23)cc1. The second-order valence-electron chi connectivity index (χ2n) is 16.6. The van der Waals surface area contributed by atoms with Gasteiger partial charge in [0, 0.05) is 10.9 Å². The average Bonchev–Trinajstić information content (AvgIpc) is 3.75. The Bertz CT molecular complexity index is 3960. The Kier molecular flexibility index (Phi) is 7.91. The number of fused-ring (bicyclic) bond motifs is 9. The van der Waals surface area contributed by atoms with Crippen LogP contribution in [0.2, 0.25) is 0 Å². The van der Waals surface area contributed by atoms with Crippen molar-refractivity contribution in [1.29, 1.82) is 0 Å². The van der Waals surface area contributed by atoms with Crippen molar-refractivity contribution in [3.05, 3.63) is 224 Å². The van der Waals surface area contributed by atoms with E-state index in [4.69, 9.17) is 9.97 Å². The van der Waals surface area contributed by atoms with Crippen LogP contribution in [-0.2, 0) is 0 Å². The number of imidazole rings is 1. The second-order valence-corrected chi connectivity index (χ2v) is 16.6. The van der Waals surface area contributed by atoms with Crippen molar-refractivity contribution in [2.24, 2.45) is 0 Å². The summed E-state index contributed by atoms with van der Waals surface area (Å²) in [6.45, 7) is 0. The summed E-state index contributed by atoms with van der Waals surface area (Å²) in [7, 11) is 0. The van der Waals surface area contributed by atoms with Crippen molar-refractivity contribution in [3.63, 3.8) is 0 Å². The molecule has 11 aromatic carbocycles. The summed E-state index contributed by atoms with van der Waals surface area (Å²) in [4.78, 5) is 10.4. The quantitative estimate of drug-likeness (QED) is 0.162. The molecule has 3 heteroatoms. The van der Waals surface area contributed by atoms with Crippen molar-refractivity contribution < 1.29 is 0 Å². The zero-order valence-corrected chi connectivity index (χ0v) is 34.2. The fraction of sp³-hybridized carbons (Fsp3) is 0. The van der Waals surface area contributed by atoms with E-state index in [1.54, 1.807) is 0 Å². The molecule has 0 saturated carbocycles. The first-order valence-corrected chi connectivity index (χ1v) is 21.6. The maximum atomic E-state index is 5.23. The van der Waals surface area contributed by atoms with E-state index < -0.39 is 0 Å². The third-order valence-corrected chi connectivity index (χ3v) is 12.9. The number of nitrogens with zero attached hydrogens (tertiary/aromatic N) is 3. The average molecular weight is 800 g/mol. The van der Waals surface area contributed by atoms with Crippen LogP contribution in [0.15, 0.2) is 224 Å². The summed E-state index contributed by atoms with van der Waals surface area (Å²) in [6.07, 6.45) is 0. The molecule has 0 bridgehead atoms. The Hall–Kier alpha value is -8.40. The molecule has 0 radical (unpaired) electrons. The number of hydrogen-bond acceptors (Lipinski definition) is 2. The van der Waals surface area contributed by atoms with Crippen molar-refractivity contribution in [3.8, 4) is 55.9 Å². The lowest BCUT2D eigenvalue weighted by atomic mass is 9.84. The van der Waals surface area contributed by atoms with Gasteiger partial charge < -0.3 is 0 Å². The van der Waals surface area contributed by atoms with Crippen LogP contribution >= 0.6 is 0 Å². The van der Waals surface area contributed by atoms with Crippen molar-refractivity contribution >= 4 is 70.7 Å². The van der Waals surface area contributed by atoms with E-state index in [2.05, 4.69) is 217 Å². The molecule has 0 unspecified atom stereocenters. The molecule has 0 N–H and O–H groups in total. The van der Waals surface area contributed by atoms with E-state index in [1.165, 1.54) is 76.5 Å². The normalized spacial score (nSPS) is 11.8. The first-order chi connectivity index (χ1) is 31.2. The van der Waals surface area contributed by atoms with E-state index >= 15 is 0 Å². The Morgan fingerprint density at radius 2 is 0.762 bits per heavy atom. The van der Waals surface area contributed by atoms with Crippen molar-refractivity contribution in [2.45, 2.75) is 0 Å². The van der Waals surface area contributed by atoms with Crippen molar-refractivity contribution in [2.75, 3.05) is 0 Å². The van der Waals surface area contributed by atoms with Gasteiger partial charge in [-0.3, -0.25) is 4.40 Å². The Morgan fingerprint density at radius 1 is 0.270 bits per heavy atom. The first-order valence-electron chi connectivity index (χ1n) is 21.6. The van der Waals surface area contributed by atoms with Gasteiger partial charge in [-0.25, -0.2) is 9.97 Å². The molecule has 13 aromatic rings. The lowest BCUT2D eigenvalue weighted by molar-refractivity contribution is 1.16. The minimum atomic E-state index is 0.889. The third-order valence-electron chi connectivity index (χ3n) is 12.9. The van der Waals surface area contributed by atoms with Gasteiger partial charge in [0.15, 0.2) is 0 Å². The van der Waals surface area contributed by atoms with E-state index in [0.717, 1.165) is 50.1 Å². The van der Waals surface area contributed by atoms with E-state index in [9.17, 15) is 0 Å². The zero-order valence-electron chi connectivity index (χ0n) is 34.2. The molecular formula is C60H37N3. The number of rotatable bonds is 5. The summed E-state index contributed by atoms with van der Waals surface area (Å²) < 4.78 is 2.21. The molecule has 0 aliphatic carbocycles. The van der Waals surface area contributed by atoms with Crippen LogP contribution < -0.4 is 0 Å². The summed E-state index contributed by atoms with van der Waals surface area (Å²) in [5.41, 5.74) is 14.5. The Labute approximate surface area is 363 Å². The van der Waals surface area contributed by atoms with E-state index in [0.29, 0.717) is 0 Å². The Morgan fingerprint density at radius 3 is 1.43 bits per heavy atom. The predicted octanol–water partition coefficient (Wildman–Crippen LogP) is 16.0. The molecule has 63 heavy (non-hydrogen) atoms. The van der Waals surface area contributed by atoms with Gasteiger partial charge in [-0.15, -0.1) is 0 Å². The fourth-order valence-electron chi connectivity index (χ4n) is 9.88. The lowest BCUT2D eigenvalue weighted by Gasteiger charge is -2.19. The standard InChI is InChI=1S/C60H37N3/c1-2-14-42(15-3-1)59-61-54-33-31-46(37-53(54)60-62-55-20-10-11-21-56(55)63(59)60)41-24-22-40(23-25-41)45-30-32-51-52(36-45)58(48-29-27-39-13-5-7-17-44(39)35-48)50-19-9-8-18-49(50)57(51)47-28-26-38-12-4-6-16-43(38)34-47/h1-37H. The van der Waals surface area contributed by atoms with Crippen LogP contribution in [0, 0.1) is 0 Å². The highest BCUT2D eigenvalue weighted by Gasteiger charge is 2.19. The topological polar surface area (TPSA) is 30.2 Å². The molecule has 0 fully saturated rings. The molecule has 0 aliphatic heterocycles. The Balaban J connectivity index is 0.971. The summed E-state index contributed by atoms with van der Waals surface area (Å²) in [5, 5.41) is 11.0. The number of hydrogen-bond donors (Lipinski definition) is 0. The molecule has 0 aliphatic rings. The zero-order chi connectivity index (χ0) is 41.4. The fourth-order valence-corrected chi connectivity index (χ4v) is 9.88. The number of para-hydroxylation sites is 2.